The Hall–Kier alpha value is -5.17. The van der Waals surface area contributed by atoms with Crippen molar-refractivity contribution in [1.82, 2.24) is 0 Å². The highest BCUT2D eigenvalue weighted by molar-refractivity contribution is 7.79. The molecule has 7 aromatic carbocycles. The van der Waals surface area contributed by atoms with Gasteiger partial charge in [0.1, 0.15) is 0 Å². The van der Waals surface area contributed by atoms with Crippen molar-refractivity contribution in [1.29, 1.82) is 0 Å². The summed E-state index contributed by atoms with van der Waals surface area (Å²) in [6.45, 7) is 0.783. The molecule has 2 aliphatic rings. The number of para-hydroxylation sites is 3. The van der Waals surface area contributed by atoms with Gasteiger partial charge in [-0.05, 0) is 117 Å². The van der Waals surface area contributed by atoms with E-state index in [9.17, 15) is 0 Å². The Bertz CT molecular complexity index is 2340. The smallest absolute Gasteiger partial charge is 0.0647 e. The molecule has 0 fully saturated rings. The number of nitrogen functional groups attached to an aromatic ring is 1. The minimum absolute atomic E-state index is 0.783. The molecule has 1 aliphatic carbocycles. The Kier molecular flexibility index (Phi) is 6.51. The van der Waals surface area contributed by atoms with Crippen LogP contribution in [-0.4, -0.2) is 0 Å². The van der Waals surface area contributed by atoms with Gasteiger partial charge in [0, 0.05) is 17.8 Å². The molecule has 0 spiro atoms. The molecule has 9 rings (SSSR count). The molecule has 0 amide bonds. The zero-order valence-electron chi connectivity index (χ0n) is 25.5. The molecule has 46 heavy (non-hydrogen) atoms. The fourth-order valence-corrected chi connectivity index (χ4v) is 9.73. The molecular weight excluding hydrogens is 575 g/mol. The fourth-order valence-electron chi connectivity index (χ4n) is 7.37. The average molecular weight is 609 g/mol. The first-order chi connectivity index (χ1) is 22.7. The van der Waals surface area contributed by atoms with E-state index in [0.29, 0.717) is 0 Å². The lowest BCUT2D eigenvalue weighted by Gasteiger charge is -2.34. The first-order valence-electron chi connectivity index (χ1n) is 16.1. The molecule has 1 heterocycles. The van der Waals surface area contributed by atoms with Crippen molar-refractivity contribution in [2.45, 2.75) is 19.4 Å². The summed E-state index contributed by atoms with van der Waals surface area (Å²) in [6, 6.07) is 51.8. The summed E-state index contributed by atoms with van der Waals surface area (Å²) in [4.78, 5) is 2.36. The van der Waals surface area contributed by atoms with Crippen LogP contribution >= 0.6 is 7.92 Å². The summed E-state index contributed by atoms with van der Waals surface area (Å²) >= 11 is 0. The van der Waals surface area contributed by atoms with Gasteiger partial charge < -0.3 is 10.6 Å². The SMILES string of the molecule is Nc1ccccc1N1Cc2ccc(P(c3ccc4c(c3)C=CCC4)c3ccc4c(ccc5ccccc54)c3)cc2-c2ccccc21. The maximum atomic E-state index is 6.50. The molecule has 0 saturated carbocycles. The third kappa shape index (κ3) is 4.52. The molecule has 1 aliphatic heterocycles. The predicted octanol–water partition coefficient (Wildman–Crippen LogP) is 9.61. The van der Waals surface area contributed by atoms with Crippen molar-refractivity contribution in [2.24, 2.45) is 0 Å². The highest BCUT2D eigenvalue weighted by Crippen LogP contribution is 2.45. The summed E-state index contributed by atoms with van der Waals surface area (Å²) in [5.74, 6) is 0. The molecule has 7 aromatic rings. The zero-order valence-corrected chi connectivity index (χ0v) is 26.4. The molecule has 2 N–H and O–H groups in total. The molecule has 1 atom stereocenters. The second kappa shape index (κ2) is 11.0. The van der Waals surface area contributed by atoms with Crippen LogP contribution in [0, 0.1) is 0 Å². The number of anilines is 3. The van der Waals surface area contributed by atoms with Crippen LogP contribution < -0.4 is 26.5 Å². The van der Waals surface area contributed by atoms with E-state index in [4.69, 9.17) is 5.73 Å². The van der Waals surface area contributed by atoms with Crippen LogP contribution in [0.15, 0.2) is 146 Å². The Morgan fingerprint density at radius 2 is 1.24 bits per heavy atom. The monoisotopic (exact) mass is 608 g/mol. The van der Waals surface area contributed by atoms with Crippen LogP contribution in [-0.2, 0) is 13.0 Å². The molecule has 0 saturated heterocycles. The number of hydrogen-bond donors (Lipinski definition) is 1. The lowest BCUT2D eigenvalue weighted by Crippen LogP contribution is -2.25. The third-order valence-corrected chi connectivity index (χ3v) is 12.0. The summed E-state index contributed by atoms with van der Waals surface area (Å²) < 4.78 is 0. The average Bonchev–Trinajstić information content (AvgIpc) is 3.11. The van der Waals surface area contributed by atoms with Gasteiger partial charge in [-0.3, -0.25) is 0 Å². The number of aryl methyl sites for hydroxylation is 1. The van der Waals surface area contributed by atoms with Crippen LogP contribution in [0.2, 0.25) is 0 Å². The Morgan fingerprint density at radius 1 is 0.543 bits per heavy atom. The normalized spacial score (nSPS) is 14.1. The maximum Gasteiger partial charge on any atom is 0.0647 e. The number of benzene rings is 7. The number of nitrogens with zero attached hydrogens (tertiary/aromatic N) is 1. The summed E-state index contributed by atoms with van der Waals surface area (Å²) in [5.41, 5.74) is 16.2. The number of hydrogen-bond acceptors (Lipinski definition) is 2. The van der Waals surface area contributed by atoms with Crippen molar-refractivity contribution in [3.05, 3.63) is 162 Å². The van der Waals surface area contributed by atoms with Crippen LogP contribution in [0.3, 0.4) is 0 Å². The quantitative estimate of drug-likeness (QED) is 0.123. The lowest BCUT2D eigenvalue weighted by atomic mass is 9.93. The lowest BCUT2D eigenvalue weighted by molar-refractivity contribution is 0.963. The van der Waals surface area contributed by atoms with Gasteiger partial charge in [-0.2, -0.15) is 0 Å². The maximum absolute atomic E-state index is 6.50. The fraction of sp³-hybridized carbons (Fsp3) is 0.0698. The molecule has 2 nitrogen and oxygen atoms in total. The topological polar surface area (TPSA) is 29.3 Å². The van der Waals surface area contributed by atoms with Crippen LogP contribution in [0.1, 0.15) is 23.1 Å². The Labute approximate surface area is 271 Å². The van der Waals surface area contributed by atoms with E-state index in [1.807, 2.05) is 12.1 Å². The van der Waals surface area contributed by atoms with E-state index >= 15 is 0 Å². The highest BCUT2D eigenvalue weighted by atomic mass is 31.1. The zero-order chi connectivity index (χ0) is 30.6. The van der Waals surface area contributed by atoms with Crippen molar-refractivity contribution in [3.8, 4) is 11.1 Å². The van der Waals surface area contributed by atoms with Crippen molar-refractivity contribution < 1.29 is 0 Å². The van der Waals surface area contributed by atoms with Crippen molar-refractivity contribution in [3.63, 3.8) is 0 Å². The van der Waals surface area contributed by atoms with Gasteiger partial charge in [-0.25, -0.2) is 0 Å². The van der Waals surface area contributed by atoms with Crippen molar-refractivity contribution in [2.75, 3.05) is 10.6 Å². The third-order valence-electron chi connectivity index (χ3n) is 9.64. The van der Waals surface area contributed by atoms with Gasteiger partial charge >= 0.3 is 0 Å². The second-order valence-electron chi connectivity index (χ2n) is 12.4. The highest BCUT2D eigenvalue weighted by Gasteiger charge is 2.26. The van der Waals surface area contributed by atoms with E-state index in [0.717, 1.165) is 30.8 Å². The standard InChI is InChI=1S/C43H33N2P/c44-41-14-6-8-16-43(41)45-28-33-20-22-36(27-40(33)39-13-5-7-15-42(39)45)46(34-21-19-29-9-1-2-11-31(29)25-34)35-23-24-38-32(26-35)18-17-30-10-3-4-12-37(30)38/h2-8,10-27H,1,9,28,44H2. The van der Waals surface area contributed by atoms with Gasteiger partial charge in [0.25, 0.3) is 0 Å². The number of nitrogens with two attached hydrogens (primary N) is 1. The number of allylic oxidation sites excluding steroid dienone is 1. The predicted molar refractivity (Wildman–Crippen MR) is 200 cm³/mol. The van der Waals surface area contributed by atoms with Gasteiger partial charge in [-0.1, -0.05) is 115 Å². The van der Waals surface area contributed by atoms with E-state index < -0.39 is 7.92 Å². The van der Waals surface area contributed by atoms with Gasteiger partial charge in [0.2, 0.25) is 0 Å². The molecule has 0 radical (unpaired) electrons. The van der Waals surface area contributed by atoms with Crippen LogP contribution in [0.4, 0.5) is 17.1 Å². The second-order valence-corrected chi connectivity index (χ2v) is 14.6. The molecule has 0 aromatic heterocycles. The molecule has 3 heteroatoms. The Morgan fingerprint density at radius 3 is 2.15 bits per heavy atom. The number of rotatable bonds is 4. The van der Waals surface area contributed by atoms with Gasteiger partial charge in [0.15, 0.2) is 0 Å². The molecule has 0 bridgehead atoms. The van der Waals surface area contributed by atoms with Gasteiger partial charge in [0.05, 0.1) is 11.4 Å². The Balaban J connectivity index is 1.22. The minimum Gasteiger partial charge on any atom is -0.397 e. The minimum atomic E-state index is -0.810. The summed E-state index contributed by atoms with van der Waals surface area (Å²) in [6.07, 6.45) is 6.87. The van der Waals surface area contributed by atoms with Gasteiger partial charge in [-0.15, -0.1) is 0 Å². The first kappa shape index (κ1) is 27.2. The van der Waals surface area contributed by atoms with E-state index in [1.165, 1.54) is 71.0 Å². The van der Waals surface area contributed by atoms with Crippen LogP contribution in [0.25, 0.3) is 38.7 Å². The van der Waals surface area contributed by atoms with E-state index in [2.05, 4.69) is 144 Å². The largest absolute Gasteiger partial charge is 0.397 e. The first-order valence-corrected chi connectivity index (χ1v) is 17.4. The number of fused-ring (bicyclic) bond motifs is 7. The van der Waals surface area contributed by atoms with E-state index in [1.54, 1.807) is 0 Å². The summed E-state index contributed by atoms with van der Waals surface area (Å²) in [5, 5.41) is 9.33. The molecule has 1 unspecified atom stereocenters. The van der Waals surface area contributed by atoms with Crippen LogP contribution in [0.5, 0.6) is 0 Å². The summed E-state index contributed by atoms with van der Waals surface area (Å²) in [7, 11) is -0.810. The molecule has 220 valence electrons. The molecular formula is C43H33N2P. The van der Waals surface area contributed by atoms with Crippen molar-refractivity contribution >= 4 is 68.5 Å². The van der Waals surface area contributed by atoms with E-state index in [-0.39, 0.29) is 0 Å².